The van der Waals surface area contributed by atoms with Gasteiger partial charge in [0.1, 0.15) is 30.1 Å². The molecule has 2 aliphatic heterocycles. The van der Waals surface area contributed by atoms with Gasteiger partial charge >= 0.3 is 0 Å². The van der Waals surface area contributed by atoms with Gasteiger partial charge in [0.15, 0.2) is 12.6 Å². The minimum atomic E-state index is -1.15. The van der Waals surface area contributed by atoms with Crippen molar-refractivity contribution < 1.29 is 34.1 Å². The number of rotatable bonds is 7. The molecule has 0 bridgehead atoms. The summed E-state index contributed by atoms with van der Waals surface area (Å²) in [5.41, 5.74) is 1.63. The Morgan fingerprint density at radius 1 is 1.05 bits per heavy atom. The molecule has 0 saturated carbocycles. The topological polar surface area (TPSA) is 133 Å². The molecule has 0 radical (unpaired) electrons. The van der Waals surface area contributed by atoms with Crippen molar-refractivity contribution in [1.82, 2.24) is 0 Å². The molecule has 5 rings (SSSR count). The van der Waals surface area contributed by atoms with Gasteiger partial charge in [-0.15, -0.1) is 0 Å². The normalized spacial score (nSPS) is 27.6. The molecule has 0 amide bonds. The van der Waals surface area contributed by atoms with Crippen LogP contribution in [0.1, 0.15) is 23.0 Å². The number of hydrogen-bond acceptors (Lipinski definition) is 9. The van der Waals surface area contributed by atoms with E-state index in [4.69, 9.17) is 18.9 Å². The summed E-state index contributed by atoms with van der Waals surface area (Å²) in [4.78, 5) is 15.1. The van der Waals surface area contributed by atoms with Crippen LogP contribution in [0.5, 0.6) is 5.75 Å². The maximum Gasteiger partial charge on any atom is 0.270 e. The summed E-state index contributed by atoms with van der Waals surface area (Å²) in [6.07, 6.45) is -2.90. The highest BCUT2D eigenvalue weighted by Crippen LogP contribution is 2.35. The second-order valence-electron chi connectivity index (χ2n) is 8.78. The first kappa shape index (κ1) is 25.0. The van der Waals surface area contributed by atoms with Crippen LogP contribution in [-0.4, -0.2) is 58.6 Å². The van der Waals surface area contributed by atoms with Crippen molar-refractivity contribution in [3.8, 4) is 5.75 Å². The second kappa shape index (κ2) is 11.2. The maximum atomic E-state index is 11.4. The number of aliphatic hydroxyl groups is 1. The fourth-order valence-electron chi connectivity index (χ4n) is 4.33. The van der Waals surface area contributed by atoms with Gasteiger partial charge in [0.05, 0.1) is 18.1 Å². The molecule has 10 heteroatoms. The molecule has 0 aliphatic carbocycles. The van der Waals surface area contributed by atoms with Crippen LogP contribution in [0.3, 0.4) is 0 Å². The SMILES string of the molecule is O=[N+]([O-])c1ccc(O)c(C=N[C@H]2[C@@H](OCc3ccccc3)O[C@@H]3COC(c4ccccc4)O[C@H]3[C@@H]2O)c1. The molecule has 192 valence electrons. The van der Waals surface area contributed by atoms with Gasteiger partial charge in [0.25, 0.3) is 5.69 Å². The Hall–Kier alpha value is -3.67. The first-order valence-electron chi connectivity index (χ1n) is 11.8. The Morgan fingerprint density at radius 3 is 2.51 bits per heavy atom. The lowest BCUT2D eigenvalue weighted by molar-refractivity contribution is -0.384. The number of nitro benzene ring substituents is 1. The Kier molecular flexibility index (Phi) is 7.54. The maximum absolute atomic E-state index is 11.4. The van der Waals surface area contributed by atoms with E-state index >= 15 is 0 Å². The number of benzene rings is 3. The minimum Gasteiger partial charge on any atom is -0.507 e. The number of phenolic OH excluding ortho intramolecular Hbond substituents is 1. The Bertz CT molecular complexity index is 1240. The molecule has 6 atom stereocenters. The third-order valence-electron chi connectivity index (χ3n) is 6.27. The molecule has 2 heterocycles. The van der Waals surface area contributed by atoms with E-state index < -0.39 is 41.9 Å². The standard InChI is InChI=1S/C27H26N2O8/c30-21-12-11-20(29(32)33)13-19(21)14-28-23-24(31)25-22(16-35-26(37-25)18-9-5-2-6-10-18)36-27(23)34-15-17-7-3-1-4-8-17/h1-14,22-27,30-31H,15-16H2/t22-,23-,24-,25-,26?,27+/m1/s1. The summed E-state index contributed by atoms with van der Waals surface area (Å²) in [6, 6.07) is 21.5. The minimum absolute atomic E-state index is 0.125. The lowest BCUT2D eigenvalue weighted by Gasteiger charge is -2.46. The highest BCUT2D eigenvalue weighted by atomic mass is 16.7. The predicted octanol–water partition coefficient (Wildman–Crippen LogP) is 3.50. The van der Waals surface area contributed by atoms with Crippen LogP contribution in [0.25, 0.3) is 0 Å². The summed E-state index contributed by atoms with van der Waals surface area (Å²) in [6.45, 7) is 0.382. The third-order valence-corrected chi connectivity index (χ3v) is 6.27. The zero-order valence-corrected chi connectivity index (χ0v) is 19.7. The van der Waals surface area contributed by atoms with Gasteiger partial charge in [-0.05, 0) is 11.6 Å². The van der Waals surface area contributed by atoms with Gasteiger partial charge in [-0.1, -0.05) is 60.7 Å². The van der Waals surface area contributed by atoms with Gasteiger partial charge in [-0.25, -0.2) is 0 Å². The molecule has 3 aromatic rings. The fraction of sp³-hybridized carbons (Fsp3) is 0.296. The summed E-state index contributed by atoms with van der Waals surface area (Å²) in [7, 11) is 0. The van der Waals surface area contributed by atoms with Crippen LogP contribution in [0.15, 0.2) is 83.9 Å². The van der Waals surface area contributed by atoms with Gasteiger partial charge in [-0.3, -0.25) is 15.1 Å². The highest BCUT2D eigenvalue weighted by molar-refractivity contribution is 5.84. The monoisotopic (exact) mass is 506 g/mol. The van der Waals surface area contributed by atoms with Crippen LogP contribution in [0, 0.1) is 10.1 Å². The van der Waals surface area contributed by atoms with Crippen molar-refractivity contribution >= 4 is 11.9 Å². The molecule has 3 aromatic carbocycles. The molecule has 1 unspecified atom stereocenters. The van der Waals surface area contributed by atoms with Crippen LogP contribution >= 0.6 is 0 Å². The van der Waals surface area contributed by atoms with Crippen LogP contribution < -0.4 is 0 Å². The van der Waals surface area contributed by atoms with Crippen molar-refractivity contribution in [1.29, 1.82) is 0 Å². The van der Waals surface area contributed by atoms with E-state index in [1.54, 1.807) is 0 Å². The highest BCUT2D eigenvalue weighted by Gasteiger charge is 2.49. The Morgan fingerprint density at radius 2 is 1.78 bits per heavy atom. The zero-order valence-electron chi connectivity index (χ0n) is 19.7. The first-order chi connectivity index (χ1) is 18.0. The molecule has 2 saturated heterocycles. The number of aromatic hydroxyl groups is 1. The van der Waals surface area contributed by atoms with Crippen molar-refractivity contribution in [3.05, 3.63) is 106 Å². The third kappa shape index (κ3) is 5.68. The van der Waals surface area contributed by atoms with Crippen LogP contribution in [0.2, 0.25) is 0 Å². The van der Waals surface area contributed by atoms with Crippen molar-refractivity contribution in [2.24, 2.45) is 4.99 Å². The van der Waals surface area contributed by atoms with E-state index in [1.165, 1.54) is 24.4 Å². The molecular weight excluding hydrogens is 480 g/mol. The van der Waals surface area contributed by atoms with Gasteiger partial charge < -0.3 is 29.2 Å². The number of ether oxygens (including phenoxy) is 4. The number of aliphatic hydroxyl groups excluding tert-OH is 1. The van der Waals surface area contributed by atoms with E-state index in [9.17, 15) is 20.3 Å². The van der Waals surface area contributed by atoms with E-state index in [0.717, 1.165) is 11.1 Å². The first-order valence-corrected chi connectivity index (χ1v) is 11.8. The molecule has 0 spiro atoms. The molecule has 2 aliphatic rings. The lowest BCUT2D eigenvalue weighted by atomic mass is 9.96. The number of non-ortho nitro benzene ring substituents is 1. The van der Waals surface area contributed by atoms with E-state index in [2.05, 4.69) is 4.99 Å². The van der Waals surface area contributed by atoms with E-state index in [-0.39, 0.29) is 30.2 Å². The van der Waals surface area contributed by atoms with Crippen molar-refractivity contribution in [2.45, 2.75) is 43.5 Å². The Balaban J connectivity index is 1.40. The predicted molar refractivity (Wildman–Crippen MR) is 132 cm³/mol. The Labute approximate surface area is 212 Å². The number of nitrogens with zero attached hydrogens (tertiary/aromatic N) is 2. The quantitative estimate of drug-likeness (QED) is 0.283. The molecule has 2 fully saturated rings. The number of hydrogen-bond donors (Lipinski definition) is 2. The average Bonchev–Trinajstić information content (AvgIpc) is 2.93. The number of aliphatic imine (C=N–C) groups is 1. The van der Waals surface area contributed by atoms with E-state index in [0.29, 0.717) is 0 Å². The average molecular weight is 507 g/mol. The van der Waals surface area contributed by atoms with Gasteiger partial charge in [-0.2, -0.15) is 0 Å². The summed E-state index contributed by atoms with van der Waals surface area (Å²) < 4.78 is 24.1. The van der Waals surface area contributed by atoms with Crippen molar-refractivity contribution in [3.63, 3.8) is 0 Å². The zero-order chi connectivity index (χ0) is 25.8. The lowest BCUT2D eigenvalue weighted by Crippen LogP contribution is -2.61. The summed E-state index contributed by atoms with van der Waals surface area (Å²) >= 11 is 0. The number of nitro groups is 1. The van der Waals surface area contributed by atoms with E-state index in [1.807, 2.05) is 60.7 Å². The summed E-state index contributed by atoms with van der Waals surface area (Å²) in [5.74, 6) is -0.188. The number of phenols is 1. The largest absolute Gasteiger partial charge is 0.507 e. The molecule has 10 nitrogen and oxygen atoms in total. The molecule has 2 N–H and O–H groups in total. The number of fused-ring (bicyclic) bond motifs is 1. The smallest absolute Gasteiger partial charge is 0.270 e. The molecule has 0 aromatic heterocycles. The second-order valence-corrected chi connectivity index (χ2v) is 8.78. The summed E-state index contributed by atoms with van der Waals surface area (Å²) in [5, 5.41) is 32.7. The van der Waals surface area contributed by atoms with Gasteiger partial charge in [0.2, 0.25) is 0 Å². The fourth-order valence-corrected chi connectivity index (χ4v) is 4.33. The van der Waals surface area contributed by atoms with Crippen molar-refractivity contribution in [2.75, 3.05) is 6.61 Å². The van der Waals surface area contributed by atoms with Crippen LogP contribution in [0.4, 0.5) is 5.69 Å². The van der Waals surface area contributed by atoms with Gasteiger partial charge in [0, 0.05) is 29.5 Å². The molecular formula is C27H26N2O8. The molecule has 37 heavy (non-hydrogen) atoms. The van der Waals surface area contributed by atoms with Crippen LogP contribution in [-0.2, 0) is 25.6 Å².